The normalized spacial score (nSPS) is 16.2. The Morgan fingerprint density at radius 2 is 1.80 bits per heavy atom. The molecule has 2 aromatic carbocycles. The number of fused-ring (bicyclic) bond motifs is 1. The highest BCUT2D eigenvalue weighted by Crippen LogP contribution is 2.43. The molecule has 3 rings (SSSR count). The van der Waals surface area contributed by atoms with Gasteiger partial charge in [0, 0.05) is 28.4 Å². The third-order valence-corrected chi connectivity index (χ3v) is 5.34. The number of hydrogen-bond acceptors (Lipinski definition) is 2. The molecule has 0 amide bonds. The average molecular weight is 354 g/mol. The fraction of sp³-hybridized carbons (Fsp3) is 0.190. The number of ketones is 1. The Hall–Kier alpha value is -2.33. The molecular formula is C21H19FO2S. The van der Waals surface area contributed by atoms with Gasteiger partial charge in [0.25, 0.3) is 0 Å². The molecule has 128 valence electrons. The van der Waals surface area contributed by atoms with E-state index in [1.54, 1.807) is 19.2 Å². The summed E-state index contributed by atoms with van der Waals surface area (Å²) < 4.78 is 25.2. The zero-order chi connectivity index (χ0) is 18.1. The first-order chi connectivity index (χ1) is 11.9. The number of carbonyl (C=O) groups excluding carboxylic acids is 1. The van der Waals surface area contributed by atoms with E-state index in [0.29, 0.717) is 6.42 Å². The highest BCUT2D eigenvalue weighted by Gasteiger charge is 2.24. The van der Waals surface area contributed by atoms with Crippen LogP contribution in [-0.4, -0.2) is 16.2 Å². The number of halogens is 1. The Labute approximate surface area is 149 Å². The minimum Gasteiger partial charge on any atom is -0.300 e. The molecule has 0 N–H and O–H groups in total. The van der Waals surface area contributed by atoms with Gasteiger partial charge in [-0.15, -0.1) is 0 Å². The average Bonchev–Trinajstić information content (AvgIpc) is 2.80. The quantitative estimate of drug-likeness (QED) is 0.785. The number of hydrogen-bond donors (Lipinski definition) is 0. The number of carbonyl (C=O) groups is 1. The standard InChI is InChI=1S/C21H19FO2S/c1-13(23)10-19-14(2)20(18-9-6-16(22)12-21(18)19)11-15-4-7-17(8-5-15)25(3)24/h4-9,11-12H,10H2,1-3H3/b20-11+. The van der Waals surface area contributed by atoms with Crippen molar-refractivity contribution in [3.05, 3.63) is 70.5 Å². The highest BCUT2D eigenvalue weighted by atomic mass is 32.2. The summed E-state index contributed by atoms with van der Waals surface area (Å²) in [4.78, 5) is 12.4. The van der Waals surface area contributed by atoms with E-state index in [4.69, 9.17) is 0 Å². The van der Waals surface area contributed by atoms with Crippen LogP contribution in [0, 0.1) is 5.82 Å². The molecule has 1 unspecified atom stereocenters. The molecule has 4 heteroatoms. The SMILES string of the molecule is CC(=O)CC1=C(C)/C(=C\c2ccc(S(C)=O)cc2)c2ccc(F)cc21. The summed E-state index contributed by atoms with van der Waals surface area (Å²) in [6, 6.07) is 12.2. The maximum absolute atomic E-state index is 13.7. The van der Waals surface area contributed by atoms with Crippen LogP contribution in [0.1, 0.15) is 37.0 Å². The summed E-state index contributed by atoms with van der Waals surface area (Å²) in [5.41, 5.74) is 5.60. The van der Waals surface area contributed by atoms with Crippen LogP contribution in [0.15, 0.2) is 52.9 Å². The van der Waals surface area contributed by atoms with Crippen LogP contribution < -0.4 is 0 Å². The van der Waals surface area contributed by atoms with Crippen molar-refractivity contribution in [2.45, 2.75) is 25.2 Å². The van der Waals surface area contributed by atoms with Crippen LogP contribution in [0.3, 0.4) is 0 Å². The van der Waals surface area contributed by atoms with E-state index in [1.807, 2.05) is 37.3 Å². The number of allylic oxidation sites excluding steroid dienone is 3. The van der Waals surface area contributed by atoms with E-state index < -0.39 is 10.8 Å². The highest BCUT2D eigenvalue weighted by molar-refractivity contribution is 7.84. The van der Waals surface area contributed by atoms with Gasteiger partial charge in [0.05, 0.1) is 0 Å². The monoisotopic (exact) mass is 354 g/mol. The van der Waals surface area contributed by atoms with Crippen molar-refractivity contribution in [3.8, 4) is 0 Å². The van der Waals surface area contributed by atoms with Gasteiger partial charge < -0.3 is 0 Å². The minimum absolute atomic E-state index is 0.0561. The fourth-order valence-corrected chi connectivity index (χ4v) is 3.67. The van der Waals surface area contributed by atoms with E-state index in [-0.39, 0.29) is 11.6 Å². The summed E-state index contributed by atoms with van der Waals surface area (Å²) in [5, 5.41) is 0. The Balaban J connectivity index is 2.10. The molecule has 25 heavy (non-hydrogen) atoms. The maximum Gasteiger partial charge on any atom is 0.134 e. The first kappa shape index (κ1) is 17.5. The van der Waals surface area contributed by atoms with Crippen LogP contribution >= 0.6 is 0 Å². The molecule has 1 aliphatic rings. The lowest BCUT2D eigenvalue weighted by Gasteiger charge is -2.05. The second-order valence-electron chi connectivity index (χ2n) is 6.25. The second-order valence-corrected chi connectivity index (χ2v) is 7.63. The summed E-state index contributed by atoms with van der Waals surface area (Å²) in [7, 11) is -1.01. The van der Waals surface area contributed by atoms with Gasteiger partial charge >= 0.3 is 0 Å². The van der Waals surface area contributed by atoms with Crippen molar-refractivity contribution in [2.75, 3.05) is 6.26 Å². The number of benzene rings is 2. The van der Waals surface area contributed by atoms with Gasteiger partial charge in [-0.3, -0.25) is 9.00 Å². The number of rotatable bonds is 4. The van der Waals surface area contributed by atoms with Gasteiger partial charge in [0.1, 0.15) is 11.6 Å². The lowest BCUT2D eigenvalue weighted by Crippen LogP contribution is -1.93. The second kappa shape index (κ2) is 6.89. The van der Waals surface area contributed by atoms with Crippen LogP contribution in [-0.2, 0) is 15.6 Å². The molecule has 0 saturated heterocycles. The van der Waals surface area contributed by atoms with E-state index in [9.17, 15) is 13.4 Å². The molecule has 0 radical (unpaired) electrons. The molecule has 0 spiro atoms. The molecule has 1 aliphatic carbocycles. The summed E-state index contributed by atoms with van der Waals surface area (Å²) >= 11 is 0. The van der Waals surface area contributed by atoms with E-state index in [1.165, 1.54) is 12.1 Å². The van der Waals surface area contributed by atoms with Crippen molar-refractivity contribution in [1.29, 1.82) is 0 Å². The molecule has 0 fully saturated rings. The largest absolute Gasteiger partial charge is 0.300 e. The zero-order valence-corrected chi connectivity index (χ0v) is 15.2. The molecule has 2 aromatic rings. The first-order valence-electron chi connectivity index (χ1n) is 8.02. The third kappa shape index (κ3) is 3.54. The first-order valence-corrected chi connectivity index (χ1v) is 9.57. The van der Waals surface area contributed by atoms with Crippen molar-refractivity contribution >= 4 is 33.8 Å². The van der Waals surface area contributed by atoms with Gasteiger partial charge in [-0.25, -0.2) is 4.39 Å². The Morgan fingerprint density at radius 1 is 1.12 bits per heavy atom. The Morgan fingerprint density at radius 3 is 2.40 bits per heavy atom. The Kier molecular flexibility index (Phi) is 4.82. The lowest BCUT2D eigenvalue weighted by molar-refractivity contribution is -0.116. The topological polar surface area (TPSA) is 34.1 Å². The van der Waals surface area contributed by atoms with E-state index in [0.717, 1.165) is 38.3 Å². The van der Waals surface area contributed by atoms with Crippen molar-refractivity contribution in [1.82, 2.24) is 0 Å². The van der Waals surface area contributed by atoms with Crippen molar-refractivity contribution in [2.24, 2.45) is 0 Å². The molecule has 0 aliphatic heterocycles. The van der Waals surface area contributed by atoms with Crippen LogP contribution in [0.25, 0.3) is 17.2 Å². The molecule has 0 heterocycles. The zero-order valence-electron chi connectivity index (χ0n) is 14.4. The van der Waals surface area contributed by atoms with Crippen molar-refractivity contribution < 1.29 is 13.4 Å². The molecule has 0 saturated carbocycles. The summed E-state index contributed by atoms with van der Waals surface area (Å²) in [5.74, 6) is -0.246. The fourth-order valence-electron chi connectivity index (χ4n) is 3.15. The minimum atomic E-state index is -1.01. The summed E-state index contributed by atoms with van der Waals surface area (Å²) in [6.45, 7) is 3.52. The lowest BCUT2D eigenvalue weighted by atomic mass is 10.0. The van der Waals surface area contributed by atoms with E-state index >= 15 is 0 Å². The Bertz CT molecular complexity index is 937. The van der Waals surface area contributed by atoms with E-state index in [2.05, 4.69) is 0 Å². The predicted molar refractivity (Wildman–Crippen MR) is 101 cm³/mol. The molecule has 0 aromatic heterocycles. The molecule has 2 nitrogen and oxygen atoms in total. The predicted octanol–water partition coefficient (Wildman–Crippen LogP) is 4.87. The van der Waals surface area contributed by atoms with Crippen LogP contribution in [0.4, 0.5) is 4.39 Å². The van der Waals surface area contributed by atoms with Gasteiger partial charge in [-0.2, -0.15) is 0 Å². The maximum atomic E-state index is 13.7. The van der Waals surface area contributed by atoms with Gasteiger partial charge in [0.15, 0.2) is 0 Å². The van der Waals surface area contributed by atoms with Crippen LogP contribution in [0.5, 0.6) is 0 Å². The molecule has 0 bridgehead atoms. The number of Topliss-reactive ketones (excluding diaryl/α,β-unsaturated/α-hetero) is 1. The third-order valence-electron chi connectivity index (χ3n) is 4.40. The van der Waals surface area contributed by atoms with Gasteiger partial charge in [0.2, 0.25) is 0 Å². The van der Waals surface area contributed by atoms with Gasteiger partial charge in [-0.05, 0) is 77.6 Å². The van der Waals surface area contributed by atoms with Gasteiger partial charge in [-0.1, -0.05) is 18.2 Å². The summed E-state index contributed by atoms with van der Waals surface area (Å²) in [6.07, 6.45) is 3.98. The van der Waals surface area contributed by atoms with Crippen molar-refractivity contribution in [3.63, 3.8) is 0 Å². The van der Waals surface area contributed by atoms with Crippen LogP contribution in [0.2, 0.25) is 0 Å². The smallest absolute Gasteiger partial charge is 0.134 e. The molecule has 1 atom stereocenters. The molecular weight excluding hydrogens is 335 g/mol.